The Bertz CT molecular complexity index is 1310. The lowest BCUT2D eigenvalue weighted by Crippen LogP contribution is -2.30. The van der Waals surface area contributed by atoms with E-state index in [0.717, 1.165) is 34.3 Å². The Balaban J connectivity index is 0.00000361. The number of hydrogen-bond acceptors (Lipinski definition) is 7. The number of rotatable bonds is 10. The number of nitrogens with zero attached hydrogens (tertiary/aromatic N) is 4. The van der Waals surface area contributed by atoms with Crippen LogP contribution in [0.3, 0.4) is 0 Å². The summed E-state index contributed by atoms with van der Waals surface area (Å²) in [6.07, 6.45) is 9.49. The lowest BCUT2D eigenvalue weighted by atomic mass is 10.1. The second-order valence-corrected chi connectivity index (χ2v) is 8.86. The van der Waals surface area contributed by atoms with Crippen molar-refractivity contribution in [3.8, 4) is 17.2 Å². The maximum atomic E-state index is 13.4. The molecule has 0 aliphatic rings. The highest BCUT2D eigenvalue weighted by Crippen LogP contribution is 2.38. The third kappa shape index (κ3) is 5.98. The van der Waals surface area contributed by atoms with Gasteiger partial charge in [0.25, 0.3) is 5.91 Å². The zero-order chi connectivity index (χ0) is 24.8. The molecule has 1 amide bonds. The molecule has 0 saturated carbocycles. The minimum absolute atomic E-state index is 0. The second-order valence-electron chi connectivity index (χ2n) is 7.85. The maximum Gasteiger partial charge on any atom is 0.252 e. The number of anilines is 1. The molecule has 0 aliphatic heterocycles. The van der Waals surface area contributed by atoms with Gasteiger partial charge in [-0.1, -0.05) is 23.5 Å². The van der Waals surface area contributed by atoms with Crippen LogP contribution in [0, 0.1) is 6.92 Å². The number of thiazole rings is 1. The van der Waals surface area contributed by atoms with Gasteiger partial charge in [-0.3, -0.25) is 9.69 Å². The average molecular weight is 529 g/mol. The van der Waals surface area contributed by atoms with Gasteiger partial charge in [0.05, 0.1) is 37.9 Å². The fourth-order valence-corrected chi connectivity index (χ4v) is 4.85. The predicted octanol–water partition coefficient (Wildman–Crippen LogP) is 5.39. The third-order valence-corrected chi connectivity index (χ3v) is 6.61. The first kappa shape index (κ1) is 27.0. The fourth-order valence-electron chi connectivity index (χ4n) is 3.78. The number of benzene rings is 2. The van der Waals surface area contributed by atoms with Gasteiger partial charge in [0, 0.05) is 31.6 Å². The Morgan fingerprint density at radius 3 is 2.50 bits per heavy atom. The van der Waals surface area contributed by atoms with Gasteiger partial charge in [-0.25, -0.2) is 9.97 Å². The number of hydrogen-bond donors (Lipinski definition) is 0. The first-order chi connectivity index (χ1) is 17.0. The van der Waals surface area contributed by atoms with Crippen molar-refractivity contribution in [2.75, 3.05) is 32.8 Å². The van der Waals surface area contributed by atoms with Gasteiger partial charge in [0.2, 0.25) is 5.75 Å². The van der Waals surface area contributed by atoms with Crippen LogP contribution in [0.1, 0.15) is 17.5 Å². The van der Waals surface area contributed by atoms with Crippen molar-refractivity contribution >= 4 is 51.1 Å². The van der Waals surface area contributed by atoms with E-state index in [1.54, 1.807) is 63.0 Å². The quantitative estimate of drug-likeness (QED) is 0.257. The molecule has 0 N–H and O–H groups in total. The first-order valence-corrected chi connectivity index (χ1v) is 12.0. The lowest BCUT2D eigenvalue weighted by Gasteiger charge is -2.18. The largest absolute Gasteiger partial charge is 0.493 e. The molecule has 2 aromatic carbocycles. The predicted molar refractivity (Wildman–Crippen MR) is 146 cm³/mol. The summed E-state index contributed by atoms with van der Waals surface area (Å²) in [7, 11) is 4.68. The molecule has 8 nitrogen and oxygen atoms in total. The number of fused-ring (bicyclic) bond motifs is 1. The molecule has 0 unspecified atom stereocenters. The Morgan fingerprint density at radius 1 is 1.14 bits per heavy atom. The number of methoxy groups -OCH3 is 3. The fraction of sp³-hybridized carbons (Fsp3) is 0.269. The normalized spacial score (nSPS) is 10.9. The highest BCUT2D eigenvalue weighted by Gasteiger charge is 2.19. The van der Waals surface area contributed by atoms with Gasteiger partial charge < -0.3 is 18.8 Å². The van der Waals surface area contributed by atoms with Crippen LogP contribution in [0.15, 0.2) is 55.1 Å². The number of imidazole rings is 1. The van der Waals surface area contributed by atoms with Crippen molar-refractivity contribution in [3.63, 3.8) is 0 Å². The van der Waals surface area contributed by atoms with Gasteiger partial charge in [-0.05, 0) is 48.7 Å². The number of aromatic nitrogens is 3. The number of aryl methyl sites for hydroxylation is 2. The van der Waals surface area contributed by atoms with Crippen LogP contribution in [0.4, 0.5) is 5.13 Å². The Hall–Kier alpha value is -3.56. The van der Waals surface area contributed by atoms with Crippen molar-refractivity contribution in [1.82, 2.24) is 14.5 Å². The number of carbonyl (C=O) groups is 1. The SMILES string of the molecule is COc1cc(/C=C/C(=O)N(CCCn2ccnc2)c2nc3c(C)cccc3s2)cc(OC)c1OC.Cl. The topological polar surface area (TPSA) is 78.7 Å². The summed E-state index contributed by atoms with van der Waals surface area (Å²) in [5.41, 5.74) is 2.77. The third-order valence-electron chi connectivity index (χ3n) is 5.57. The molecular weight excluding hydrogens is 500 g/mol. The zero-order valence-electron chi connectivity index (χ0n) is 20.6. The van der Waals surface area contributed by atoms with Crippen LogP contribution >= 0.6 is 23.7 Å². The number of carbonyl (C=O) groups excluding carboxylic acids is 1. The number of para-hydroxylation sites is 1. The molecule has 0 atom stereocenters. The van der Waals surface area contributed by atoms with E-state index in [1.807, 2.05) is 35.9 Å². The van der Waals surface area contributed by atoms with Crippen molar-refractivity contribution in [3.05, 3.63) is 66.3 Å². The van der Waals surface area contributed by atoms with E-state index in [1.165, 1.54) is 11.3 Å². The van der Waals surface area contributed by atoms with Gasteiger partial charge in [0.1, 0.15) is 0 Å². The maximum absolute atomic E-state index is 13.4. The van der Waals surface area contributed by atoms with Gasteiger partial charge in [0.15, 0.2) is 16.6 Å². The van der Waals surface area contributed by atoms with Crippen LogP contribution in [0.2, 0.25) is 0 Å². The van der Waals surface area contributed by atoms with Crippen LogP contribution in [-0.2, 0) is 11.3 Å². The van der Waals surface area contributed by atoms with E-state index in [-0.39, 0.29) is 18.3 Å². The number of ether oxygens (including phenoxy) is 3. The Kier molecular flexibility index (Phi) is 9.32. The Morgan fingerprint density at radius 2 is 1.89 bits per heavy atom. The number of halogens is 1. The molecule has 190 valence electrons. The second kappa shape index (κ2) is 12.4. The minimum Gasteiger partial charge on any atom is -0.493 e. The van der Waals surface area contributed by atoms with Gasteiger partial charge >= 0.3 is 0 Å². The molecule has 0 bridgehead atoms. The molecule has 2 heterocycles. The molecule has 2 aromatic heterocycles. The molecule has 4 aromatic rings. The summed E-state index contributed by atoms with van der Waals surface area (Å²) in [6, 6.07) is 9.67. The monoisotopic (exact) mass is 528 g/mol. The minimum atomic E-state index is -0.152. The van der Waals surface area contributed by atoms with Crippen molar-refractivity contribution in [1.29, 1.82) is 0 Å². The Labute approximate surface area is 220 Å². The zero-order valence-corrected chi connectivity index (χ0v) is 22.3. The summed E-state index contributed by atoms with van der Waals surface area (Å²) in [5.74, 6) is 1.40. The standard InChI is InChI=1S/C26H28N4O4S.ClH/c1-18-7-5-8-22-24(18)28-26(35-22)30(13-6-12-29-14-11-27-17-29)23(31)10-9-19-15-20(32-2)25(34-4)21(16-19)33-3;/h5,7-11,14-17H,6,12-13H2,1-4H3;1H/b10-9+;. The van der Waals surface area contributed by atoms with Crippen molar-refractivity contribution in [2.45, 2.75) is 19.9 Å². The van der Waals surface area contributed by atoms with Crippen LogP contribution in [0.25, 0.3) is 16.3 Å². The van der Waals surface area contributed by atoms with Crippen molar-refractivity contribution in [2.24, 2.45) is 0 Å². The molecular formula is C26H29ClN4O4S. The first-order valence-electron chi connectivity index (χ1n) is 11.2. The summed E-state index contributed by atoms with van der Waals surface area (Å²) in [6.45, 7) is 3.31. The highest BCUT2D eigenvalue weighted by atomic mass is 35.5. The molecule has 0 fully saturated rings. The van der Waals surface area contributed by atoms with E-state index >= 15 is 0 Å². The summed E-state index contributed by atoms with van der Waals surface area (Å²) in [5, 5.41) is 0.680. The molecule has 0 spiro atoms. The molecule has 4 rings (SSSR count). The van der Waals surface area contributed by atoms with Crippen LogP contribution in [0.5, 0.6) is 17.2 Å². The smallest absolute Gasteiger partial charge is 0.252 e. The van der Waals surface area contributed by atoms with Crippen LogP contribution in [-0.4, -0.2) is 48.3 Å². The molecule has 0 saturated heterocycles. The summed E-state index contributed by atoms with van der Waals surface area (Å²) < 4.78 is 19.3. The van der Waals surface area contributed by atoms with Crippen LogP contribution < -0.4 is 19.1 Å². The van der Waals surface area contributed by atoms with Crippen molar-refractivity contribution < 1.29 is 19.0 Å². The van der Waals surface area contributed by atoms with Gasteiger partial charge in [-0.2, -0.15) is 0 Å². The number of amides is 1. The lowest BCUT2D eigenvalue weighted by molar-refractivity contribution is -0.114. The molecule has 0 radical (unpaired) electrons. The molecule has 10 heteroatoms. The van der Waals surface area contributed by atoms with E-state index in [0.29, 0.717) is 28.9 Å². The van der Waals surface area contributed by atoms with E-state index in [2.05, 4.69) is 4.98 Å². The highest BCUT2D eigenvalue weighted by molar-refractivity contribution is 7.22. The van der Waals surface area contributed by atoms with Gasteiger partial charge in [-0.15, -0.1) is 12.4 Å². The molecule has 36 heavy (non-hydrogen) atoms. The van der Waals surface area contributed by atoms with E-state index in [4.69, 9.17) is 19.2 Å². The molecule has 0 aliphatic carbocycles. The average Bonchev–Trinajstić information content (AvgIpc) is 3.55. The van der Waals surface area contributed by atoms with E-state index in [9.17, 15) is 4.79 Å². The summed E-state index contributed by atoms with van der Waals surface area (Å²) >= 11 is 1.52. The summed E-state index contributed by atoms with van der Waals surface area (Å²) in [4.78, 5) is 24.0. The van der Waals surface area contributed by atoms with E-state index < -0.39 is 0 Å².